The van der Waals surface area contributed by atoms with Gasteiger partial charge in [0.05, 0.1) is 5.69 Å². The number of aromatic amines is 1. The third kappa shape index (κ3) is 4.52. The summed E-state index contributed by atoms with van der Waals surface area (Å²) in [5.74, 6) is -0.455. The number of hydrogen-bond acceptors (Lipinski definition) is 3. The SMILES string of the molecule is O=C(Nc1ccccc1)c1c(NCCc2cccc(Cl)c2)cc[nH]c1=O. The Bertz CT molecular complexity index is 955. The number of anilines is 2. The normalized spacial score (nSPS) is 10.3. The molecule has 0 bridgehead atoms. The van der Waals surface area contributed by atoms with Gasteiger partial charge in [-0.1, -0.05) is 41.9 Å². The molecular weight excluding hydrogens is 350 g/mol. The van der Waals surface area contributed by atoms with Crippen molar-refractivity contribution in [1.29, 1.82) is 0 Å². The standard InChI is InChI=1S/C20H18ClN3O2/c21-15-6-4-5-14(13-15)9-11-22-17-10-12-23-19(25)18(17)20(26)24-16-7-2-1-3-8-16/h1-8,10,12-13H,9,11H2,(H,24,26)(H2,22,23,25). The third-order valence-electron chi connectivity index (χ3n) is 3.84. The van der Waals surface area contributed by atoms with Gasteiger partial charge in [-0.05, 0) is 42.3 Å². The van der Waals surface area contributed by atoms with Gasteiger partial charge in [0.25, 0.3) is 11.5 Å². The van der Waals surface area contributed by atoms with E-state index in [9.17, 15) is 9.59 Å². The van der Waals surface area contributed by atoms with Crippen LogP contribution in [-0.2, 0) is 6.42 Å². The molecule has 2 aromatic carbocycles. The van der Waals surface area contributed by atoms with E-state index in [0.29, 0.717) is 29.4 Å². The number of amides is 1. The van der Waals surface area contributed by atoms with Crippen molar-refractivity contribution < 1.29 is 4.79 Å². The van der Waals surface area contributed by atoms with Crippen LogP contribution in [0.25, 0.3) is 0 Å². The van der Waals surface area contributed by atoms with Gasteiger partial charge in [-0.2, -0.15) is 0 Å². The average molecular weight is 368 g/mol. The van der Waals surface area contributed by atoms with Crippen molar-refractivity contribution in [3.8, 4) is 0 Å². The Labute approximate surface area is 156 Å². The molecule has 0 aliphatic rings. The van der Waals surface area contributed by atoms with Crippen molar-refractivity contribution in [3.63, 3.8) is 0 Å². The van der Waals surface area contributed by atoms with E-state index in [1.165, 1.54) is 6.20 Å². The van der Waals surface area contributed by atoms with E-state index in [1.807, 2.05) is 42.5 Å². The molecule has 1 heterocycles. The molecule has 26 heavy (non-hydrogen) atoms. The van der Waals surface area contributed by atoms with E-state index in [-0.39, 0.29) is 5.56 Å². The predicted octanol–water partition coefficient (Wildman–Crippen LogP) is 3.94. The summed E-state index contributed by atoms with van der Waals surface area (Å²) < 4.78 is 0. The van der Waals surface area contributed by atoms with Gasteiger partial charge in [-0.3, -0.25) is 9.59 Å². The Morgan fingerprint density at radius 1 is 1.04 bits per heavy atom. The molecule has 6 heteroatoms. The summed E-state index contributed by atoms with van der Waals surface area (Å²) in [4.78, 5) is 27.3. The molecule has 0 aliphatic carbocycles. The van der Waals surface area contributed by atoms with Crippen molar-refractivity contribution in [1.82, 2.24) is 4.98 Å². The first kappa shape index (κ1) is 17.8. The van der Waals surface area contributed by atoms with E-state index in [0.717, 1.165) is 5.56 Å². The molecule has 3 rings (SSSR count). The second kappa shape index (κ2) is 8.36. The van der Waals surface area contributed by atoms with Gasteiger partial charge >= 0.3 is 0 Å². The lowest BCUT2D eigenvalue weighted by Crippen LogP contribution is -2.25. The minimum Gasteiger partial charge on any atom is -0.384 e. The third-order valence-corrected chi connectivity index (χ3v) is 4.07. The molecule has 0 aliphatic heterocycles. The maximum Gasteiger partial charge on any atom is 0.263 e. The molecule has 0 saturated heterocycles. The molecule has 3 N–H and O–H groups in total. The van der Waals surface area contributed by atoms with Gasteiger partial charge in [-0.25, -0.2) is 0 Å². The number of nitrogens with one attached hydrogen (secondary N) is 3. The smallest absolute Gasteiger partial charge is 0.263 e. The van der Waals surface area contributed by atoms with Crippen LogP contribution in [-0.4, -0.2) is 17.4 Å². The topological polar surface area (TPSA) is 74.0 Å². The average Bonchev–Trinajstić information content (AvgIpc) is 2.62. The first-order valence-corrected chi connectivity index (χ1v) is 8.58. The van der Waals surface area contributed by atoms with Gasteiger partial charge in [-0.15, -0.1) is 0 Å². The summed E-state index contributed by atoms with van der Waals surface area (Å²) in [5.41, 5.74) is 1.81. The Morgan fingerprint density at radius 3 is 2.62 bits per heavy atom. The highest BCUT2D eigenvalue weighted by atomic mass is 35.5. The Morgan fingerprint density at radius 2 is 1.85 bits per heavy atom. The zero-order valence-corrected chi connectivity index (χ0v) is 14.7. The molecule has 1 amide bonds. The molecule has 0 spiro atoms. The highest BCUT2D eigenvalue weighted by Gasteiger charge is 2.16. The molecule has 0 atom stereocenters. The first-order chi connectivity index (χ1) is 12.6. The Kier molecular flexibility index (Phi) is 5.71. The molecule has 0 unspecified atom stereocenters. The fourth-order valence-electron chi connectivity index (χ4n) is 2.60. The van der Waals surface area contributed by atoms with Crippen LogP contribution >= 0.6 is 11.6 Å². The van der Waals surface area contributed by atoms with Crippen LogP contribution in [0.5, 0.6) is 0 Å². The number of benzene rings is 2. The van der Waals surface area contributed by atoms with Crippen LogP contribution in [0.15, 0.2) is 71.7 Å². The van der Waals surface area contributed by atoms with Crippen LogP contribution in [0.1, 0.15) is 15.9 Å². The highest BCUT2D eigenvalue weighted by molar-refractivity contribution is 6.30. The molecule has 3 aromatic rings. The van der Waals surface area contributed by atoms with E-state index < -0.39 is 11.5 Å². The van der Waals surface area contributed by atoms with Crippen LogP contribution in [0, 0.1) is 0 Å². The lowest BCUT2D eigenvalue weighted by atomic mass is 10.1. The second-order valence-electron chi connectivity index (χ2n) is 5.72. The summed E-state index contributed by atoms with van der Waals surface area (Å²) in [6.45, 7) is 0.565. The fraction of sp³-hybridized carbons (Fsp3) is 0.100. The number of H-pyrrole nitrogens is 1. The lowest BCUT2D eigenvalue weighted by molar-refractivity contribution is 0.102. The fourth-order valence-corrected chi connectivity index (χ4v) is 2.81. The van der Waals surface area contributed by atoms with Gasteiger partial charge in [0.1, 0.15) is 5.56 Å². The largest absolute Gasteiger partial charge is 0.384 e. The van der Waals surface area contributed by atoms with Crippen LogP contribution < -0.4 is 16.2 Å². The van der Waals surface area contributed by atoms with Gasteiger partial charge in [0.15, 0.2) is 0 Å². The number of hydrogen-bond donors (Lipinski definition) is 3. The number of carbonyl (C=O) groups excluding carboxylic acids is 1. The van der Waals surface area contributed by atoms with Crippen LogP contribution in [0.3, 0.4) is 0 Å². The zero-order valence-electron chi connectivity index (χ0n) is 14.0. The zero-order chi connectivity index (χ0) is 18.4. The quantitative estimate of drug-likeness (QED) is 0.618. The summed E-state index contributed by atoms with van der Waals surface area (Å²) in [6, 6.07) is 18.3. The number of pyridine rings is 1. The Balaban J connectivity index is 1.72. The second-order valence-corrected chi connectivity index (χ2v) is 6.16. The summed E-state index contributed by atoms with van der Waals surface area (Å²) >= 11 is 5.99. The van der Waals surface area contributed by atoms with Crippen molar-refractivity contribution in [2.75, 3.05) is 17.2 Å². The summed E-state index contributed by atoms with van der Waals surface area (Å²) in [6.07, 6.45) is 2.23. The van der Waals surface area contributed by atoms with E-state index >= 15 is 0 Å². The maximum absolute atomic E-state index is 12.5. The molecular formula is C20H18ClN3O2. The monoisotopic (exact) mass is 367 g/mol. The van der Waals surface area contributed by atoms with Crippen molar-refractivity contribution >= 4 is 28.9 Å². The number of halogens is 1. The highest BCUT2D eigenvalue weighted by Crippen LogP contribution is 2.15. The predicted molar refractivity (Wildman–Crippen MR) is 105 cm³/mol. The van der Waals surface area contributed by atoms with Crippen molar-refractivity contribution in [2.24, 2.45) is 0 Å². The molecule has 0 radical (unpaired) electrons. The lowest BCUT2D eigenvalue weighted by Gasteiger charge is -2.11. The molecule has 5 nitrogen and oxygen atoms in total. The van der Waals surface area contributed by atoms with E-state index in [4.69, 9.17) is 11.6 Å². The maximum atomic E-state index is 12.5. The van der Waals surface area contributed by atoms with Gasteiger partial charge < -0.3 is 15.6 Å². The molecule has 132 valence electrons. The van der Waals surface area contributed by atoms with E-state index in [1.54, 1.807) is 18.2 Å². The van der Waals surface area contributed by atoms with Crippen LogP contribution in [0.4, 0.5) is 11.4 Å². The molecule has 1 aromatic heterocycles. The van der Waals surface area contributed by atoms with E-state index in [2.05, 4.69) is 15.6 Å². The van der Waals surface area contributed by atoms with Gasteiger partial charge in [0.2, 0.25) is 0 Å². The minimum absolute atomic E-state index is 0.0578. The number of rotatable bonds is 6. The minimum atomic E-state index is -0.455. The first-order valence-electron chi connectivity index (χ1n) is 8.20. The summed E-state index contributed by atoms with van der Waals surface area (Å²) in [7, 11) is 0. The Hall–Kier alpha value is -3.05. The molecule has 0 saturated carbocycles. The van der Waals surface area contributed by atoms with Crippen LogP contribution in [0.2, 0.25) is 5.02 Å². The number of aromatic nitrogens is 1. The van der Waals surface area contributed by atoms with Crippen molar-refractivity contribution in [2.45, 2.75) is 6.42 Å². The number of para-hydroxylation sites is 1. The van der Waals surface area contributed by atoms with Gasteiger partial charge in [0, 0.05) is 23.5 Å². The van der Waals surface area contributed by atoms with Crippen molar-refractivity contribution in [3.05, 3.63) is 93.4 Å². The molecule has 0 fully saturated rings. The number of carbonyl (C=O) groups is 1. The summed E-state index contributed by atoms with van der Waals surface area (Å²) in [5, 5.41) is 6.59.